The van der Waals surface area contributed by atoms with E-state index < -0.39 is 0 Å². The zero-order valence-electron chi connectivity index (χ0n) is 14.8. The molecule has 2 atom stereocenters. The zero-order chi connectivity index (χ0) is 17.1. The van der Waals surface area contributed by atoms with Crippen LogP contribution in [0.15, 0.2) is 24.3 Å². The summed E-state index contributed by atoms with van der Waals surface area (Å²) in [6, 6.07) is 8.33. The summed E-state index contributed by atoms with van der Waals surface area (Å²) >= 11 is 0. The Morgan fingerprint density at radius 3 is 2.92 bits per heavy atom. The van der Waals surface area contributed by atoms with Gasteiger partial charge in [0.2, 0.25) is 0 Å². The maximum atomic E-state index is 12.6. The molecular formula is C20H28N2O3. The predicted octanol–water partition coefficient (Wildman–Crippen LogP) is 2.46. The highest BCUT2D eigenvalue weighted by Gasteiger charge is 2.34. The van der Waals surface area contributed by atoms with Gasteiger partial charge in [0.25, 0.3) is 5.91 Å². The number of carbonyl (C=O) groups excluding carboxylic acids is 1. The lowest BCUT2D eigenvalue weighted by Gasteiger charge is -2.16. The highest BCUT2D eigenvalue weighted by molar-refractivity contribution is 5.96. The molecular weight excluding hydrogens is 316 g/mol. The van der Waals surface area contributed by atoms with Crippen molar-refractivity contribution < 1.29 is 14.3 Å². The number of rotatable bonds is 7. The minimum Gasteiger partial charge on any atom is -0.490 e. The van der Waals surface area contributed by atoms with Crippen LogP contribution in [0, 0.1) is 5.92 Å². The molecule has 0 aromatic heterocycles. The van der Waals surface area contributed by atoms with Crippen LogP contribution in [0.25, 0.3) is 0 Å². The van der Waals surface area contributed by atoms with Gasteiger partial charge in [-0.3, -0.25) is 4.79 Å². The van der Waals surface area contributed by atoms with Crippen LogP contribution in [0.3, 0.4) is 0 Å². The van der Waals surface area contributed by atoms with Gasteiger partial charge in [-0.2, -0.15) is 0 Å². The fraction of sp³-hybridized carbons (Fsp3) is 0.650. The molecule has 5 nitrogen and oxygen atoms in total. The largest absolute Gasteiger partial charge is 0.490 e. The first-order chi connectivity index (χ1) is 12.3. The Balaban J connectivity index is 1.28. The number of ether oxygens (including phenoxy) is 2. The monoisotopic (exact) mass is 344 g/mol. The van der Waals surface area contributed by atoms with E-state index in [1.807, 2.05) is 24.3 Å². The summed E-state index contributed by atoms with van der Waals surface area (Å²) in [4.78, 5) is 15.2. The number of para-hydroxylation sites is 1. The molecule has 3 aliphatic rings. The van der Waals surface area contributed by atoms with Crippen molar-refractivity contribution in [3.8, 4) is 5.75 Å². The van der Waals surface area contributed by atoms with Crippen LogP contribution in [-0.4, -0.2) is 55.8 Å². The fourth-order valence-corrected chi connectivity index (χ4v) is 3.87. The molecule has 2 heterocycles. The van der Waals surface area contributed by atoms with Gasteiger partial charge in [0.15, 0.2) is 0 Å². The van der Waals surface area contributed by atoms with Gasteiger partial charge in [-0.1, -0.05) is 12.1 Å². The molecule has 1 N–H and O–H groups in total. The molecule has 2 saturated heterocycles. The lowest BCUT2D eigenvalue weighted by molar-refractivity contribution is 0.0670. The molecule has 1 aromatic carbocycles. The molecule has 2 aliphatic heterocycles. The quantitative estimate of drug-likeness (QED) is 0.825. The first-order valence-electron chi connectivity index (χ1n) is 9.65. The Hall–Kier alpha value is -1.59. The molecule has 0 unspecified atom stereocenters. The molecule has 0 bridgehead atoms. The Bertz CT molecular complexity index is 596. The molecule has 136 valence electrons. The average Bonchev–Trinajstić information content (AvgIpc) is 3.16. The average molecular weight is 344 g/mol. The third kappa shape index (κ3) is 4.33. The SMILES string of the molecule is O=C(NC[C@H]1CCN(C2CC2)C1)c1ccccc1OC[C@@H]1CCCO1. The van der Waals surface area contributed by atoms with E-state index in [9.17, 15) is 4.79 Å². The van der Waals surface area contributed by atoms with Gasteiger partial charge >= 0.3 is 0 Å². The summed E-state index contributed by atoms with van der Waals surface area (Å²) in [5.74, 6) is 1.19. The van der Waals surface area contributed by atoms with Crippen LogP contribution in [-0.2, 0) is 4.74 Å². The summed E-state index contributed by atoms with van der Waals surface area (Å²) in [5, 5.41) is 3.11. The molecule has 1 aliphatic carbocycles. The highest BCUT2D eigenvalue weighted by Crippen LogP contribution is 2.31. The van der Waals surface area contributed by atoms with E-state index in [-0.39, 0.29) is 12.0 Å². The molecule has 4 rings (SSSR count). The van der Waals surface area contributed by atoms with Crippen molar-refractivity contribution in [2.45, 2.75) is 44.2 Å². The third-order valence-electron chi connectivity index (χ3n) is 5.51. The van der Waals surface area contributed by atoms with Crippen molar-refractivity contribution >= 4 is 5.91 Å². The smallest absolute Gasteiger partial charge is 0.255 e. The van der Waals surface area contributed by atoms with E-state index in [2.05, 4.69) is 10.2 Å². The van der Waals surface area contributed by atoms with Crippen LogP contribution >= 0.6 is 0 Å². The number of hydrogen-bond donors (Lipinski definition) is 1. The van der Waals surface area contributed by atoms with Crippen molar-refractivity contribution in [2.24, 2.45) is 5.92 Å². The number of benzene rings is 1. The Kier molecular flexibility index (Phi) is 5.22. The standard InChI is InChI=1S/C20H28N2O3/c23-20(21-12-15-9-10-22(13-15)16-7-8-16)18-5-1-2-6-19(18)25-14-17-4-3-11-24-17/h1-2,5-6,15-17H,3-4,7-14H2,(H,21,23)/t15-,17+/m1/s1. The number of nitrogens with one attached hydrogen (secondary N) is 1. The van der Waals surface area contributed by atoms with Crippen molar-refractivity contribution in [1.29, 1.82) is 0 Å². The van der Waals surface area contributed by atoms with Gasteiger partial charge in [0.05, 0.1) is 11.7 Å². The van der Waals surface area contributed by atoms with E-state index in [1.54, 1.807) is 0 Å². The van der Waals surface area contributed by atoms with Crippen LogP contribution in [0.5, 0.6) is 5.75 Å². The molecule has 1 saturated carbocycles. The lowest BCUT2D eigenvalue weighted by atomic mass is 10.1. The summed E-state index contributed by atoms with van der Waals surface area (Å²) in [6.45, 7) is 4.40. The van der Waals surface area contributed by atoms with Crippen LogP contribution in [0.2, 0.25) is 0 Å². The van der Waals surface area contributed by atoms with E-state index in [0.717, 1.165) is 38.6 Å². The third-order valence-corrected chi connectivity index (χ3v) is 5.51. The minimum absolute atomic E-state index is 0.0344. The van der Waals surface area contributed by atoms with E-state index >= 15 is 0 Å². The van der Waals surface area contributed by atoms with Crippen molar-refractivity contribution in [3.63, 3.8) is 0 Å². The second-order valence-corrected chi connectivity index (χ2v) is 7.53. The van der Waals surface area contributed by atoms with Gasteiger partial charge in [-0.05, 0) is 56.7 Å². The molecule has 3 fully saturated rings. The van der Waals surface area contributed by atoms with Crippen LogP contribution < -0.4 is 10.1 Å². The zero-order valence-corrected chi connectivity index (χ0v) is 14.8. The van der Waals surface area contributed by atoms with Gasteiger partial charge in [0.1, 0.15) is 12.4 Å². The van der Waals surface area contributed by atoms with E-state index in [4.69, 9.17) is 9.47 Å². The summed E-state index contributed by atoms with van der Waals surface area (Å²) < 4.78 is 11.5. The second kappa shape index (κ2) is 7.75. The van der Waals surface area contributed by atoms with Gasteiger partial charge < -0.3 is 19.7 Å². The molecule has 0 spiro atoms. The number of likely N-dealkylation sites (tertiary alicyclic amines) is 1. The maximum Gasteiger partial charge on any atom is 0.255 e. The predicted molar refractivity (Wildman–Crippen MR) is 95.9 cm³/mol. The summed E-state index contributed by atoms with van der Waals surface area (Å²) in [7, 11) is 0. The summed E-state index contributed by atoms with van der Waals surface area (Å²) in [6.07, 6.45) is 6.18. The molecule has 1 aromatic rings. The van der Waals surface area contributed by atoms with Gasteiger partial charge in [-0.25, -0.2) is 0 Å². The normalized spacial score (nSPS) is 26.7. The molecule has 25 heavy (non-hydrogen) atoms. The second-order valence-electron chi connectivity index (χ2n) is 7.53. The Labute approximate surface area is 149 Å². The number of hydrogen-bond acceptors (Lipinski definition) is 4. The number of amides is 1. The van der Waals surface area contributed by atoms with Crippen LogP contribution in [0.4, 0.5) is 0 Å². The number of carbonyl (C=O) groups is 1. The fourth-order valence-electron chi connectivity index (χ4n) is 3.87. The Morgan fingerprint density at radius 1 is 1.24 bits per heavy atom. The summed E-state index contributed by atoms with van der Waals surface area (Å²) in [5.41, 5.74) is 0.623. The van der Waals surface area contributed by atoms with Gasteiger partial charge in [-0.15, -0.1) is 0 Å². The van der Waals surface area contributed by atoms with Crippen LogP contribution in [0.1, 0.15) is 42.5 Å². The molecule has 5 heteroatoms. The molecule has 1 amide bonds. The lowest BCUT2D eigenvalue weighted by Crippen LogP contribution is -2.31. The first kappa shape index (κ1) is 16.9. The minimum atomic E-state index is -0.0344. The Morgan fingerprint density at radius 2 is 2.12 bits per heavy atom. The van der Waals surface area contributed by atoms with Crippen molar-refractivity contribution in [2.75, 3.05) is 32.8 Å². The van der Waals surface area contributed by atoms with Crippen molar-refractivity contribution in [3.05, 3.63) is 29.8 Å². The van der Waals surface area contributed by atoms with E-state index in [0.29, 0.717) is 23.8 Å². The topological polar surface area (TPSA) is 50.8 Å². The highest BCUT2D eigenvalue weighted by atomic mass is 16.5. The van der Waals surface area contributed by atoms with Crippen molar-refractivity contribution in [1.82, 2.24) is 10.2 Å². The van der Waals surface area contributed by atoms with Gasteiger partial charge in [0, 0.05) is 25.7 Å². The van der Waals surface area contributed by atoms with E-state index in [1.165, 1.54) is 25.8 Å². The number of nitrogens with zero attached hydrogens (tertiary/aromatic N) is 1. The molecule has 0 radical (unpaired) electrons. The maximum absolute atomic E-state index is 12.6. The first-order valence-corrected chi connectivity index (χ1v) is 9.65.